The molecule has 1 aliphatic heterocycles. The fourth-order valence-electron chi connectivity index (χ4n) is 5.15. The zero-order valence-electron chi connectivity index (χ0n) is 24.9. The Morgan fingerprint density at radius 3 is 2.37 bits per heavy atom. The van der Waals surface area contributed by atoms with Crippen LogP contribution in [0.25, 0.3) is 10.4 Å². The lowest BCUT2D eigenvalue weighted by Gasteiger charge is -2.35. The van der Waals surface area contributed by atoms with Crippen LogP contribution in [-0.4, -0.2) is 64.0 Å². The second-order valence-electron chi connectivity index (χ2n) is 12.1. The Morgan fingerprint density at radius 1 is 1.10 bits per heavy atom. The molecular formula is C31H47N5O4S. The fourth-order valence-corrected chi connectivity index (χ4v) is 5.96. The lowest BCUT2D eigenvalue weighted by molar-refractivity contribution is -0.144. The van der Waals surface area contributed by atoms with Crippen LogP contribution < -0.4 is 16.4 Å². The molecular weight excluding hydrogens is 538 g/mol. The third-order valence-corrected chi connectivity index (χ3v) is 8.55. The number of aliphatic hydroxyl groups excluding tert-OH is 1. The van der Waals surface area contributed by atoms with Crippen LogP contribution in [0.3, 0.4) is 0 Å². The number of amides is 3. The second-order valence-corrected chi connectivity index (χ2v) is 13.0. The van der Waals surface area contributed by atoms with Crippen molar-refractivity contribution in [2.45, 2.75) is 104 Å². The maximum Gasteiger partial charge on any atom is 0.246 e. The third-order valence-electron chi connectivity index (χ3n) is 7.57. The summed E-state index contributed by atoms with van der Waals surface area (Å²) in [6.07, 6.45) is 5.75. The van der Waals surface area contributed by atoms with E-state index in [9.17, 15) is 19.5 Å². The van der Waals surface area contributed by atoms with Gasteiger partial charge in [-0.05, 0) is 42.9 Å². The summed E-state index contributed by atoms with van der Waals surface area (Å²) < 4.78 is 0. The Labute approximate surface area is 248 Å². The average molecular weight is 586 g/mol. The Hall–Kier alpha value is -2.82. The maximum atomic E-state index is 13.7. The van der Waals surface area contributed by atoms with Gasteiger partial charge in [0.15, 0.2) is 0 Å². The van der Waals surface area contributed by atoms with Gasteiger partial charge in [-0.15, -0.1) is 11.3 Å². The number of carbonyl (C=O) groups excluding carboxylic acids is 3. The molecule has 0 spiro atoms. The van der Waals surface area contributed by atoms with Crippen molar-refractivity contribution in [3.63, 3.8) is 0 Å². The van der Waals surface area contributed by atoms with Crippen molar-refractivity contribution in [1.29, 1.82) is 0 Å². The van der Waals surface area contributed by atoms with Gasteiger partial charge in [-0.1, -0.05) is 70.7 Å². The van der Waals surface area contributed by atoms with E-state index in [1.54, 1.807) is 11.3 Å². The zero-order valence-corrected chi connectivity index (χ0v) is 25.8. The molecule has 0 bridgehead atoms. The van der Waals surface area contributed by atoms with Gasteiger partial charge in [0, 0.05) is 25.9 Å². The smallest absolute Gasteiger partial charge is 0.246 e. The van der Waals surface area contributed by atoms with Crippen molar-refractivity contribution in [3.05, 3.63) is 41.0 Å². The van der Waals surface area contributed by atoms with Gasteiger partial charge in [0.05, 0.1) is 22.2 Å². The molecule has 10 heteroatoms. The summed E-state index contributed by atoms with van der Waals surface area (Å²) in [6.45, 7) is 8.74. The van der Waals surface area contributed by atoms with Crippen molar-refractivity contribution >= 4 is 29.1 Å². The van der Waals surface area contributed by atoms with E-state index in [0.717, 1.165) is 60.2 Å². The first kappa shape index (κ1) is 32.7. The topological polar surface area (TPSA) is 138 Å². The van der Waals surface area contributed by atoms with Crippen LogP contribution in [0, 0.1) is 12.3 Å². The molecule has 1 aromatic heterocycles. The molecule has 0 saturated carbocycles. The normalized spacial score (nSPS) is 17.9. The van der Waals surface area contributed by atoms with Crippen LogP contribution in [-0.2, 0) is 20.9 Å². The molecule has 3 rings (SSSR count). The standard InChI is InChI=1S/C31H47N5O4S/c1-21-27(41-20-34-21)23-14-12-22(13-15-23)18-33-29(39)25-17-24(37)19-36(25)30(40)28(31(2,3)4)35-26(38)11-9-7-5-6-8-10-16-32/h12-15,20,24-25,28,37H,5-11,16-19,32H2,1-4H3,(H,33,39)(H,35,38)/t24-,25-,28-/m0/s1. The van der Waals surface area contributed by atoms with E-state index in [1.165, 1.54) is 4.90 Å². The number of thiazole rings is 1. The molecule has 0 radical (unpaired) electrons. The first-order chi connectivity index (χ1) is 19.5. The molecule has 226 valence electrons. The highest BCUT2D eigenvalue weighted by molar-refractivity contribution is 7.13. The highest BCUT2D eigenvalue weighted by Gasteiger charge is 2.44. The van der Waals surface area contributed by atoms with Gasteiger partial charge in [-0.3, -0.25) is 14.4 Å². The van der Waals surface area contributed by atoms with Crippen LogP contribution >= 0.6 is 11.3 Å². The molecule has 0 aliphatic carbocycles. The van der Waals surface area contributed by atoms with Crippen LogP contribution in [0.1, 0.15) is 83.4 Å². The van der Waals surface area contributed by atoms with Crippen molar-refractivity contribution in [3.8, 4) is 10.4 Å². The Morgan fingerprint density at radius 2 is 1.76 bits per heavy atom. The lowest BCUT2D eigenvalue weighted by Crippen LogP contribution is -2.57. The average Bonchev–Trinajstić information content (AvgIpc) is 3.54. The van der Waals surface area contributed by atoms with Gasteiger partial charge in [0.1, 0.15) is 12.1 Å². The van der Waals surface area contributed by atoms with E-state index in [2.05, 4.69) is 15.6 Å². The Kier molecular flexibility index (Phi) is 12.3. The Bertz CT molecular complexity index is 1140. The van der Waals surface area contributed by atoms with Crippen LogP contribution in [0.2, 0.25) is 0 Å². The van der Waals surface area contributed by atoms with Gasteiger partial charge in [0.25, 0.3) is 0 Å². The highest BCUT2D eigenvalue weighted by Crippen LogP contribution is 2.28. The molecule has 1 saturated heterocycles. The summed E-state index contributed by atoms with van der Waals surface area (Å²) >= 11 is 1.59. The summed E-state index contributed by atoms with van der Waals surface area (Å²) in [5.41, 5.74) is 9.78. The summed E-state index contributed by atoms with van der Waals surface area (Å²) in [5, 5.41) is 16.3. The molecule has 1 aliphatic rings. The predicted octanol–water partition coefficient (Wildman–Crippen LogP) is 3.92. The fraction of sp³-hybridized carbons (Fsp3) is 0.613. The van der Waals surface area contributed by atoms with E-state index in [-0.39, 0.29) is 30.7 Å². The monoisotopic (exact) mass is 585 g/mol. The molecule has 5 N–H and O–H groups in total. The zero-order chi connectivity index (χ0) is 30.0. The van der Waals surface area contributed by atoms with Gasteiger partial charge >= 0.3 is 0 Å². The van der Waals surface area contributed by atoms with E-state index in [1.807, 2.05) is 57.5 Å². The quantitative estimate of drug-likeness (QED) is 0.248. The number of aliphatic hydroxyl groups is 1. The number of rotatable bonds is 14. The summed E-state index contributed by atoms with van der Waals surface area (Å²) in [5.74, 6) is -0.822. The van der Waals surface area contributed by atoms with Crippen molar-refractivity contribution in [1.82, 2.24) is 20.5 Å². The molecule has 1 fully saturated rings. The largest absolute Gasteiger partial charge is 0.391 e. The number of benzene rings is 1. The molecule has 3 atom stereocenters. The second kappa shape index (κ2) is 15.4. The maximum absolute atomic E-state index is 13.7. The third kappa shape index (κ3) is 9.61. The number of unbranched alkanes of at least 4 members (excludes halogenated alkanes) is 5. The van der Waals surface area contributed by atoms with E-state index in [0.29, 0.717) is 19.5 Å². The number of aryl methyl sites for hydroxylation is 1. The molecule has 9 nitrogen and oxygen atoms in total. The lowest BCUT2D eigenvalue weighted by atomic mass is 9.85. The SMILES string of the molecule is Cc1ncsc1-c1ccc(CNC(=O)[C@@H]2C[C@H](O)CN2C(=O)[C@H](NC(=O)CCCCCCCCN)C(C)(C)C)cc1. The van der Waals surface area contributed by atoms with Gasteiger partial charge < -0.3 is 26.4 Å². The van der Waals surface area contributed by atoms with Crippen LogP contribution in [0.15, 0.2) is 29.8 Å². The minimum Gasteiger partial charge on any atom is -0.391 e. The van der Waals surface area contributed by atoms with Crippen molar-refractivity contribution < 1.29 is 19.5 Å². The van der Waals surface area contributed by atoms with E-state index < -0.39 is 23.6 Å². The first-order valence-corrected chi connectivity index (χ1v) is 15.6. The van der Waals surface area contributed by atoms with E-state index >= 15 is 0 Å². The molecule has 1 aromatic carbocycles. The van der Waals surface area contributed by atoms with Gasteiger partial charge in [-0.25, -0.2) is 4.98 Å². The summed E-state index contributed by atoms with van der Waals surface area (Å²) in [7, 11) is 0. The number of nitrogens with zero attached hydrogens (tertiary/aromatic N) is 2. The number of β-amino-alcohol motifs (C(OH)–C–C–N with tert-alkyl or cyclic N) is 1. The highest BCUT2D eigenvalue weighted by atomic mass is 32.1. The summed E-state index contributed by atoms with van der Waals surface area (Å²) in [4.78, 5) is 46.6. The number of carbonyl (C=O) groups is 3. The number of nitrogens with one attached hydrogen (secondary N) is 2. The molecule has 2 heterocycles. The first-order valence-electron chi connectivity index (χ1n) is 14.8. The van der Waals surface area contributed by atoms with Crippen molar-refractivity contribution in [2.75, 3.05) is 13.1 Å². The number of hydrogen-bond acceptors (Lipinski definition) is 7. The number of likely N-dealkylation sites (tertiary alicyclic amines) is 1. The molecule has 2 aromatic rings. The predicted molar refractivity (Wildman–Crippen MR) is 163 cm³/mol. The minimum absolute atomic E-state index is 0.0606. The Balaban J connectivity index is 1.57. The minimum atomic E-state index is -0.803. The van der Waals surface area contributed by atoms with Crippen LogP contribution in [0.4, 0.5) is 0 Å². The molecule has 0 unspecified atom stereocenters. The number of aromatic nitrogens is 1. The molecule has 41 heavy (non-hydrogen) atoms. The summed E-state index contributed by atoms with van der Waals surface area (Å²) in [6, 6.07) is 6.35. The van der Waals surface area contributed by atoms with Crippen LogP contribution in [0.5, 0.6) is 0 Å². The van der Waals surface area contributed by atoms with Gasteiger partial charge in [-0.2, -0.15) is 0 Å². The van der Waals surface area contributed by atoms with Crippen molar-refractivity contribution in [2.24, 2.45) is 11.1 Å². The molecule has 3 amide bonds. The van der Waals surface area contributed by atoms with Gasteiger partial charge in [0.2, 0.25) is 17.7 Å². The number of nitrogens with two attached hydrogens (primary N) is 1. The van der Waals surface area contributed by atoms with E-state index in [4.69, 9.17) is 5.73 Å². The number of hydrogen-bond donors (Lipinski definition) is 4.